The smallest absolute Gasteiger partial charge is 0.311 e. The Balaban J connectivity index is 2.06. The summed E-state index contributed by atoms with van der Waals surface area (Å²) in [5.41, 5.74) is 0.847. The molecule has 0 saturated heterocycles. The van der Waals surface area contributed by atoms with E-state index in [2.05, 4.69) is 15.9 Å². The van der Waals surface area contributed by atoms with Crippen molar-refractivity contribution >= 4 is 33.7 Å². The Labute approximate surface area is 125 Å². The Kier molecular flexibility index (Phi) is 5.05. The molecule has 2 aromatic rings. The lowest BCUT2D eigenvalue weighted by Gasteiger charge is -2.12. The minimum Gasteiger partial charge on any atom is -0.481 e. The van der Waals surface area contributed by atoms with Crippen molar-refractivity contribution in [3.8, 4) is 0 Å². The summed E-state index contributed by atoms with van der Waals surface area (Å²) in [6.07, 6.45) is 0. The van der Waals surface area contributed by atoms with Gasteiger partial charge < -0.3 is 5.11 Å². The van der Waals surface area contributed by atoms with Crippen LogP contribution < -0.4 is 0 Å². The normalized spacial score (nSPS) is 12.1. The summed E-state index contributed by atoms with van der Waals surface area (Å²) >= 11 is 4.94. The van der Waals surface area contributed by atoms with Crippen LogP contribution in [0.1, 0.15) is 11.5 Å². The van der Waals surface area contributed by atoms with Crippen LogP contribution in [0, 0.1) is 0 Å². The molecule has 4 heteroatoms. The van der Waals surface area contributed by atoms with Gasteiger partial charge in [-0.15, -0.1) is 11.8 Å². The number of hydrogen-bond acceptors (Lipinski definition) is 2. The topological polar surface area (TPSA) is 37.3 Å². The average Bonchev–Trinajstić information content (AvgIpc) is 2.42. The van der Waals surface area contributed by atoms with Crippen molar-refractivity contribution in [2.45, 2.75) is 10.8 Å². The highest BCUT2D eigenvalue weighted by atomic mass is 79.9. The third-order valence-corrected chi connectivity index (χ3v) is 4.36. The van der Waals surface area contributed by atoms with E-state index in [1.165, 1.54) is 0 Å². The molecule has 98 valence electrons. The third-order valence-electron chi connectivity index (χ3n) is 2.73. The molecule has 0 aliphatic heterocycles. The van der Waals surface area contributed by atoms with E-state index in [9.17, 15) is 9.90 Å². The van der Waals surface area contributed by atoms with Gasteiger partial charge in [0.15, 0.2) is 0 Å². The lowest BCUT2D eigenvalue weighted by Crippen LogP contribution is -2.13. The molecule has 1 atom stereocenters. The number of aliphatic carboxylic acids is 1. The van der Waals surface area contributed by atoms with Gasteiger partial charge >= 0.3 is 5.97 Å². The van der Waals surface area contributed by atoms with Crippen molar-refractivity contribution in [1.82, 2.24) is 0 Å². The highest BCUT2D eigenvalue weighted by Gasteiger charge is 2.19. The van der Waals surface area contributed by atoms with Gasteiger partial charge in [0.1, 0.15) is 0 Å². The number of carboxylic acid groups (broad SMARTS) is 1. The predicted molar refractivity (Wildman–Crippen MR) is 81.7 cm³/mol. The Bertz CT molecular complexity index is 540. The number of hydrogen-bond donors (Lipinski definition) is 1. The lowest BCUT2D eigenvalue weighted by molar-refractivity contribution is -0.138. The zero-order valence-corrected chi connectivity index (χ0v) is 12.5. The standard InChI is InChI=1S/C15H13BrO2S/c16-12-6-8-13(9-7-12)19-10-14(15(17)18)11-4-2-1-3-5-11/h1-9,14H,10H2,(H,17,18). The number of halogens is 1. The molecule has 1 unspecified atom stereocenters. The molecule has 0 fully saturated rings. The van der Waals surface area contributed by atoms with E-state index < -0.39 is 11.9 Å². The fraction of sp³-hybridized carbons (Fsp3) is 0.133. The van der Waals surface area contributed by atoms with Gasteiger partial charge in [0, 0.05) is 15.1 Å². The van der Waals surface area contributed by atoms with Crippen LogP contribution in [0.5, 0.6) is 0 Å². The molecule has 1 N–H and O–H groups in total. The average molecular weight is 337 g/mol. The van der Waals surface area contributed by atoms with E-state index in [0.29, 0.717) is 5.75 Å². The largest absolute Gasteiger partial charge is 0.481 e. The second-order valence-corrected chi connectivity index (χ2v) is 6.08. The van der Waals surface area contributed by atoms with Crippen LogP contribution >= 0.6 is 27.7 Å². The second-order valence-electron chi connectivity index (χ2n) is 4.07. The molecule has 0 bridgehead atoms. The van der Waals surface area contributed by atoms with Gasteiger partial charge in [-0.3, -0.25) is 4.79 Å². The summed E-state index contributed by atoms with van der Waals surface area (Å²) in [7, 11) is 0. The van der Waals surface area contributed by atoms with Crippen LogP contribution in [0.2, 0.25) is 0 Å². The Morgan fingerprint density at radius 3 is 2.32 bits per heavy atom. The highest BCUT2D eigenvalue weighted by molar-refractivity contribution is 9.10. The number of carbonyl (C=O) groups is 1. The van der Waals surface area contributed by atoms with Gasteiger partial charge in [-0.1, -0.05) is 46.3 Å². The van der Waals surface area contributed by atoms with E-state index in [1.54, 1.807) is 11.8 Å². The van der Waals surface area contributed by atoms with Gasteiger partial charge in [-0.05, 0) is 29.8 Å². The molecule has 2 nitrogen and oxygen atoms in total. The summed E-state index contributed by atoms with van der Waals surface area (Å²) in [6, 6.07) is 17.2. The summed E-state index contributed by atoms with van der Waals surface area (Å²) in [5.74, 6) is -0.730. The molecule has 0 aliphatic carbocycles. The third kappa shape index (κ3) is 4.11. The zero-order valence-electron chi connectivity index (χ0n) is 10.1. The van der Waals surface area contributed by atoms with Crippen molar-refractivity contribution in [1.29, 1.82) is 0 Å². The van der Waals surface area contributed by atoms with Crippen LogP contribution in [-0.4, -0.2) is 16.8 Å². The Hall–Kier alpha value is -1.26. The van der Waals surface area contributed by atoms with E-state index in [0.717, 1.165) is 14.9 Å². The number of carboxylic acids is 1. The van der Waals surface area contributed by atoms with Gasteiger partial charge in [-0.2, -0.15) is 0 Å². The minimum absolute atomic E-state index is 0.477. The molecule has 0 aliphatic rings. The van der Waals surface area contributed by atoms with Crippen LogP contribution in [0.15, 0.2) is 64.0 Å². The van der Waals surface area contributed by atoms with Gasteiger partial charge in [-0.25, -0.2) is 0 Å². The molecule has 0 saturated carbocycles. The van der Waals surface area contributed by atoms with Gasteiger partial charge in [0.2, 0.25) is 0 Å². The molecule has 0 spiro atoms. The molecule has 0 amide bonds. The summed E-state index contributed by atoms with van der Waals surface area (Å²) < 4.78 is 1.02. The Morgan fingerprint density at radius 1 is 1.11 bits per heavy atom. The first-order valence-corrected chi connectivity index (χ1v) is 7.61. The van der Waals surface area contributed by atoms with E-state index >= 15 is 0 Å². The maximum Gasteiger partial charge on any atom is 0.311 e. The van der Waals surface area contributed by atoms with Crippen LogP contribution in [0.3, 0.4) is 0 Å². The Morgan fingerprint density at radius 2 is 1.74 bits per heavy atom. The molecule has 0 aromatic heterocycles. The first kappa shape index (κ1) is 14.2. The van der Waals surface area contributed by atoms with Crippen LogP contribution in [0.25, 0.3) is 0 Å². The monoisotopic (exact) mass is 336 g/mol. The van der Waals surface area contributed by atoms with Crippen molar-refractivity contribution in [3.63, 3.8) is 0 Å². The van der Waals surface area contributed by atoms with Crippen molar-refractivity contribution < 1.29 is 9.90 Å². The molecule has 0 radical (unpaired) electrons. The zero-order chi connectivity index (χ0) is 13.7. The van der Waals surface area contributed by atoms with Gasteiger partial charge in [0.25, 0.3) is 0 Å². The molecule has 19 heavy (non-hydrogen) atoms. The first-order chi connectivity index (χ1) is 9.16. The van der Waals surface area contributed by atoms with Gasteiger partial charge in [0.05, 0.1) is 5.92 Å². The van der Waals surface area contributed by atoms with E-state index in [1.807, 2.05) is 54.6 Å². The molecule has 2 rings (SSSR count). The van der Waals surface area contributed by atoms with E-state index in [-0.39, 0.29) is 0 Å². The lowest BCUT2D eigenvalue weighted by atomic mass is 10.0. The number of thioether (sulfide) groups is 1. The maximum atomic E-state index is 11.4. The quantitative estimate of drug-likeness (QED) is 0.821. The van der Waals surface area contributed by atoms with Crippen LogP contribution in [0.4, 0.5) is 0 Å². The maximum absolute atomic E-state index is 11.4. The van der Waals surface area contributed by atoms with Crippen molar-refractivity contribution in [2.75, 3.05) is 5.75 Å². The molecule has 2 aromatic carbocycles. The van der Waals surface area contributed by atoms with Crippen molar-refractivity contribution in [2.24, 2.45) is 0 Å². The number of rotatable bonds is 5. The van der Waals surface area contributed by atoms with Crippen LogP contribution in [-0.2, 0) is 4.79 Å². The molecular weight excluding hydrogens is 324 g/mol. The molecule has 0 heterocycles. The second kappa shape index (κ2) is 6.78. The highest BCUT2D eigenvalue weighted by Crippen LogP contribution is 2.27. The minimum atomic E-state index is -0.782. The first-order valence-electron chi connectivity index (χ1n) is 5.83. The fourth-order valence-electron chi connectivity index (χ4n) is 1.71. The fourth-order valence-corrected chi connectivity index (χ4v) is 2.99. The van der Waals surface area contributed by atoms with Crippen molar-refractivity contribution in [3.05, 3.63) is 64.6 Å². The summed E-state index contributed by atoms with van der Waals surface area (Å²) in [5, 5.41) is 9.33. The number of benzene rings is 2. The summed E-state index contributed by atoms with van der Waals surface area (Å²) in [6.45, 7) is 0. The summed E-state index contributed by atoms with van der Waals surface area (Å²) in [4.78, 5) is 12.4. The van der Waals surface area contributed by atoms with E-state index in [4.69, 9.17) is 0 Å². The SMILES string of the molecule is O=C(O)C(CSc1ccc(Br)cc1)c1ccccc1. The molecular formula is C15H13BrO2S. The predicted octanol–water partition coefficient (Wildman–Crippen LogP) is 4.41.